The third-order valence-electron chi connectivity index (χ3n) is 4.86. The number of likely N-dealkylation sites (tertiary alicyclic amines) is 1. The number of aliphatic carboxylic acids is 1. The van der Waals surface area contributed by atoms with E-state index in [1.54, 1.807) is 7.05 Å². The average Bonchev–Trinajstić information content (AvgIpc) is 2.63. The molecule has 2 N–H and O–H groups in total. The van der Waals surface area contributed by atoms with Crippen molar-refractivity contribution in [3.63, 3.8) is 0 Å². The van der Waals surface area contributed by atoms with E-state index in [0.717, 1.165) is 25.8 Å². The van der Waals surface area contributed by atoms with Crippen molar-refractivity contribution in [3.05, 3.63) is 11.6 Å². The number of hydrogen-bond acceptors (Lipinski definition) is 4. The maximum absolute atomic E-state index is 12.9. The molecule has 168 valence electrons. The van der Waals surface area contributed by atoms with E-state index in [1.165, 1.54) is 24.3 Å². The van der Waals surface area contributed by atoms with Crippen LogP contribution in [-0.4, -0.2) is 72.0 Å². The highest BCUT2D eigenvalue weighted by Crippen LogP contribution is 2.22. The summed E-state index contributed by atoms with van der Waals surface area (Å²) in [7, 11) is 3.55. The summed E-state index contributed by atoms with van der Waals surface area (Å²) in [6.45, 7) is 12.5. The van der Waals surface area contributed by atoms with Crippen molar-refractivity contribution in [2.75, 3.05) is 27.2 Å². The number of likely N-dealkylation sites (N-methyl/N-ethyl adjacent to an activating group) is 2. The molecule has 0 aliphatic carbocycles. The number of nitrogens with zero attached hydrogens (tertiary/aromatic N) is 2. The van der Waals surface area contributed by atoms with Crippen LogP contribution in [0.2, 0.25) is 0 Å². The van der Waals surface area contributed by atoms with Crippen LogP contribution in [0.3, 0.4) is 0 Å². The number of piperidine rings is 1. The second kappa shape index (κ2) is 12.6. The first-order chi connectivity index (χ1) is 13.4. The Balaban J connectivity index is 0.00000245. The van der Waals surface area contributed by atoms with Crippen molar-refractivity contribution in [1.82, 2.24) is 15.1 Å². The van der Waals surface area contributed by atoms with Gasteiger partial charge in [0.05, 0.1) is 6.04 Å². The fourth-order valence-corrected chi connectivity index (χ4v) is 2.97. The molecular formula is C22H41N3O4. The zero-order valence-electron chi connectivity index (χ0n) is 19.5. The van der Waals surface area contributed by atoms with Crippen LogP contribution in [0.1, 0.15) is 67.2 Å². The van der Waals surface area contributed by atoms with Gasteiger partial charge >= 0.3 is 5.97 Å². The fraction of sp³-hybridized carbons (Fsp3) is 0.773. The second-order valence-corrected chi connectivity index (χ2v) is 8.92. The van der Waals surface area contributed by atoms with Crippen LogP contribution in [0.15, 0.2) is 11.6 Å². The lowest BCUT2D eigenvalue weighted by molar-refractivity contribution is -0.139. The van der Waals surface area contributed by atoms with Gasteiger partial charge in [0.15, 0.2) is 0 Å². The van der Waals surface area contributed by atoms with Crippen molar-refractivity contribution in [2.24, 2.45) is 5.41 Å². The Labute approximate surface area is 176 Å². The lowest BCUT2D eigenvalue weighted by Crippen LogP contribution is -2.58. The van der Waals surface area contributed by atoms with Gasteiger partial charge in [-0.3, -0.25) is 14.5 Å². The van der Waals surface area contributed by atoms with Gasteiger partial charge in [0, 0.05) is 19.2 Å². The number of carboxylic acids is 1. The standard InChI is InChI=1S/C19H33N3O4.C3H8/c1-13(18(25)26)10-12-22(6)17(24)15(19(2,3)4)20-16(23)14-9-7-8-11-21(14)5;1-3-2/h10,14-15H,7-9,11-12H2,1-6H3,(H,20,23)(H,25,26);3H2,1-2H3/b13-10+;. The van der Waals surface area contributed by atoms with Crippen LogP contribution >= 0.6 is 0 Å². The van der Waals surface area contributed by atoms with Gasteiger partial charge in [0.2, 0.25) is 11.8 Å². The molecule has 1 fully saturated rings. The van der Waals surface area contributed by atoms with Crippen molar-refractivity contribution >= 4 is 17.8 Å². The molecule has 1 saturated heterocycles. The van der Waals surface area contributed by atoms with Gasteiger partial charge in [-0.1, -0.05) is 53.5 Å². The molecule has 0 spiro atoms. The van der Waals surface area contributed by atoms with Crippen LogP contribution in [0.25, 0.3) is 0 Å². The van der Waals surface area contributed by atoms with Crippen LogP contribution < -0.4 is 5.32 Å². The van der Waals surface area contributed by atoms with Crippen molar-refractivity contribution in [3.8, 4) is 0 Å². The Hall–Kier alpha value is -1.89. The second-order valence-electron chi connectivity index (χ2n) is 8.92. The number of carbonyl (C=O) groups is 3. The van der Waals surface area contributed by atoms with E-state index in [0.29, 0.717) is 0 Å². The fourth-order valence-electron chi connectivity index (χ4n) is 2.97. The average molecular weight is 412 g/mol. The SMILES string of the molecule is C/C(=C\CN(C)C(=O)C(NC(=O)C1CCCCN1C)C(C)(C)C)C(=O)O.CCC. The Bertz CT molecular complexity index is 581. The third kappa shape index (κ3) is 9.43. The molecule has 7 heteroatoms. The van der Waals surface area contributed by atoms with Gasteiger partial charge < -0.3 is 15.3 Å². The molecule has 0 radical (unpaired) electrons. The van der Waals surface area contributed by atoms with Crippen molar-refractivity contribution in [2.45, 2.75) is 79.3 Å². The van der Waals surface area contributed by atoms with Crippen molar-refractivity contribution < 1.29 is 19.5 Å². The van der Waals surface area contributed by atoms with Gasteiger partial charge in [-0.25, -0.2) is 4.79 Å². The quantitative estimate of drug-likeness (QED) is 0.656. The summed E-state index contributed by atoms with van der Waals surface area (Å²) in [5.41, 5.74) is -0.274. The van der Waals surface area contributed by atoms with Crippen LogP contribution in [0, 0.1) is 5.41 Å². The third-order valence-corrected chi connectivity index (χ3v) is 4.86. The predicted molar refractivity (Wildman–Crippen MR) is 117 cm³/mol. The zero-order chi connectivity index (χ0) is 22.8. The molecule has 0 aromatic carbocycles. The van der Waals surface area contributed by atoms with Crippen molar-refractivity contribution in [1.29, 1.82) is 0 Å². The topological polar surface area (TPSA) is 90.0 Å². The summed E-state index contributed by atoms with van der Waals surface area (Å²) in [5, 5.41) is 11.9. The molecule has 1 heterocycles. The highest BCUT2D eigenvalue weighted by molar-refractivity contribution is 5.90. The Morgan fingerprint density at radius 1 is 1.24 bits per heavy atom. The first-order valence-corrected chi connectivity index (χ1v) is 10.5. The predicted octanol–water partition coefficient (Wildman–Crippen LogP) is 2.91. The monoisotopic (exact) mass is 411 g/mol. The normalized spacial score (nSPS) is 18.9. The van der Waals surface area contributed by atoms with E-state index in [4.69, 9.17) is 5.11 Å². The smallest absolute Gasteiger partial charge is 0.331 e. The molecule has 2 unspecified atom stereocenters. The van der Waals surface area contributed by atoms with Crippen LogP contribution in [0.4, 0.5) is 0 Å². The molecular weight excluding hydrogens is 370 g/mol. The van der Waals surface area contributed by atoms with Gasteiger partial charge in [-0.05, 0) is 38.8 Å². The van der Waals surface area contributed by atoms with Gasteiger partial charge in [-0.2, -0.15) is 0 Å². The molecule has 0 bridgehead atoms. The molecule has 0 saturated carbocycles. The van der Waals surface area contributed by atoms with Gasteiger partial charge in [0.25, 0.3) is 0 Å². The summed E-state index contributed by atoms with van der Waals surface area (Å²) in [6, 6.07) is -0.880. The highest BCUT2D eigenvalue weighted by Gasteiger charge is 2.37. The van der Waals surface area contributed by atoms with Crippen LogP contribution in [-0.2, 0) is 14.4 Å². The molecule has 0 aromatic heterocycles. The lowest BCUT2D eigenvalue weighted by Gasteiger charge is -2.37. The number of carbonyl (C=O) groups excluding carboxylic acids is 2. The summed E-state index contributed by atoms with van der Waals surface area (Å²) < 4.78 is 0. The molecule has 1 rings (SSSR count). The van der Waals surface area contributed by atoms with Gasteiger partial charge in [-0.15, -0.1) is 0 Å². The van der Waals surface area contributed by atoms with E-state index >= 15 is 0 Å². The van der Waals surface area contributed by atoms with E-state index in [-0.39, 0.29) is 30.0 Å². The summed E-state index contributed by atoms with van der Waals surface area (Å²) in [4.78, 5) is 40.0. The summed E-state index contributed by atoms with van der Waals surface area (Å²) in [5.74, 6) is -1.35. The number of amides is 2. The van der Waals surface area contributed by atoms with E-state index in [9.17, 15) is 14.4 Å². The molecule has 0 aromatic rings. The minimum atomic E-state index is -1.01. The molecule has 1 aliphatic heterocycles. The summed E-state index contributed by atoms with van der Waals surface area (Å²) in [6.07, 6.45) is 5.64. The number of hydrogen-bond donors (Lipinski definition) is 2. The first-order valence-electron chi connectivity index (χ1n) is 10.5. The molecule has 7 nitrogen and oxygen atoms in total. The summed E-state index contributed by atoms with van der Waals surface area (Å²) >= 11 is 0. The maximum atomic E-state index is 12.9. The number of carboxylic acid groups (broad SMARTS) is 1. The number of rotatable bonds is 6. The highest BCUT2D eigenvalue weighted by atomic mass is 16.4. The largest absolute Gasteiger partial charge is 0.478 e. The minimum Gasteiger partial charge on any atom is -0.478 e. The first kappa shape index (κ1) is 27.1. The van der Waals surface area contributed by atoms with E-state index < -0.39 is 17.4 Å². The molecule has 2 amide bonds. The maximum Gasteiger partial charge on any atom is 0.331 e. The Morgan fingerprint density at radius 3 is 2.24 bits per heavy atom. The molecule has 29 heavy (non-hydrogen) atoms. The Kier molecular flexibility index (Phi) is 11.8. The van der Waals surface area contributed by atoms with E-state index in [2.05, 4.69) is 19.2 Å². The Morgan fingerprint density at radius 2 is 1.79 bits per heavy atom. The molecule has 2 atom stereocenters. The minimum absolute atomic E-state index is 0.119. The van der Waals surface area contributed by atoms with E-state index in [1.807, 2.05) is 32.7 Å². The van der Waals surface area contributed by atoms with Crippen LogP contribution in [0.5, 0.6) is 0 Å². The molecule has 1 aliphatic rings. The lowest BCUT2D eigenvalue weighted by atomic mass is 9.85. The van der Waals surface area contributed by atoms with Gasteiger partial charge in [0.1, 0.15) is 6.04 Å². The zero-order valence-corrected chi connectivity index (χ0v) is 19.5. The number of nitrogens with one attached hydrogen (secondary N) is 1.